The van der Waals surface area contributed by atoms with E-state index in [1.807, 2.05) is 72.8 Å². The maximum Gasteiger partial charge on any atom is 0.178 e. The summed E-state index contributed by atoms with van der Waals surface area (Å²) in [6.45, 7) is 0.256. The van der Waals surface area contributed by atoms with Gasteiger partial charge in [0, 0.05) is 11.1 Å². The highest BCUT2D eigenvalue weighted by molar-refractivity contribution is 6.05. The molecule has 0 N–H and O–H groups in total. The fourth-order valence-corrected chi connectivity index (χ4v) is 2.49. The smallest absolute Gasteiger partial charge is 0.178 e. The van der Waals surface area contributed by atoms with E-state index in [4.69, 9.17) is 0 Å². The zero-order chi connectivity index (χ0) is 16.1. The van der Waals surface area contributed by atoms with Crippen molar-refractivity contribution in [1.29, 1.82) is 0 Å². The van der Waals surface area contributed by atoms with Gasteiger partial charge in [-0.05, 0) is 16.8 Å². The number of ketones is 1. The summed E-state index contributed by atoms with van der Waals surface area (Å²) in [5, 5.41) is 14.0. The van der Waals surface area contributed by atoms with E-state index in [2.05, 4.69) is 0 Å². The van der Waals surface area contributed by atoms with Crippen molar-refractivity contribution in [2.24, 2.45) is 0 Å². The fourth-order valence-electron chi connectivity index (χ4n) is 2.49. The van der Waals surface area contributed by atoms with Crippen molar-refractivity contribution < 1.29 is 9.53 Å². The molecule has 3 rings (SSSR count). The lowest BCUT2D eigenvalue weighted by atomic mass is 10.0. The quantitative estimate of drug-likeness (QED) is 0.233. The van der Waals surface area contributed by atoms with Gasteiger partial charge in [-0.3, -0.25) is 4.79 Å². The van der Waals surface area contributed by atoms with Gasteiger partial charge in [-0.2, -0.15) is 0 Å². The highest BCUT2D eigenvalue weighted by Crippen LogP contribution is 2.16. The first-order valence-electron chi connectivity index (χ1n) is 7.55. The van der Waals surface area contributed by atoms with Gasteiger partial charge < -0.3 is 5.21 Å². The van der Waals surface area contributed by atoms with Gasteiger partial charge in [0.05, 0.1) is 6.42 Å². The van der Waals surface area contributed by atoms with Crippen molar-refractivity contribution in [3.63, 3.8) is 0 Å². The highest BCUT2D eigenvalue weighted by Gasteiger charge is 2.07. The number of hydrogen-bond donors (Lipinski definition) is 0. The Morgan fingerprint density at radius 3 is 2.39 bits per heavy atom. The molecule has 0 amide bonds. The maximum absolute atomic E-state index is 12.2. The van der Waals surface area contributed by atoms with E-state index < -0.39 is 0 Å². The van der Waals surface area contributed by atoms with E-state index in [0.717, 1.165) is 21.1 Å². The van der Waals surface area contributed by atoms with Crippen LogP contribution in [0.1, 0.15) is 22.3 Å². The van der Waals surface area contributed by atoms with Crippen LogP contribution in [0.2, 0.25) is 0 Å². The molecule has 114 valence electrons. The first kappa shape index (κ1) is 15.0. The lowest BCUT2D eigenvalue weighted by Gasteiger charge is -2.04. The second-order valence-electron chi connectivity index (χ2n) is 5.43. The topological polar surface area (TPSA) is 43.1 Å². The zero-order valence-corrected chi connectivity index (χ0v) is 12.7. The summed E-state index contributed by atoms with van der Waals surface area (Å²) in [6, 6.07) is 23.0. The molecule has 3 aromatic rings. The minimum atomic E-state index is -0.0512. The van der Waals surface area contributed by atoms with E-state index in [1.165, 1.54) is 6.21 Å². The monoisotopic (exact) mass is 303 g/mol. The van der Waals surface area contributed by atoms with Gasteiger partial charge in [-0.15, -0.1) is 0 Å². The number of Topliss-reactive ketones (excluding diaryl/α,β-unsaturated/α-hetero) is 1. The second kappa shape index (κ2) is 6.88. The van der Waals surface area contributed by atoms with Crippen molar-refractivity contribution >= 4 is 22.8 Å². The first-order chi connectivity index (χ1) is 11.2. The van der Waals surface area contributed by atoms with Crippen LogP contribution in [0, 0.1) is 5.21 Å². The standard InChI is InChI=1S/C20H17NO2/c22-20(12-13-21(23)15-16-6-2-1-3-7-16)19-11-10-17-8-4-5-9-18(17)14-19/h1-11,13-14H,12,15H2/b21-13-. The Balaban J connectivity index is 1.69. The Morgan fingerprint density at radius 2 is 1.61 bits per heavy atom. The van der Waals surface area contributed by atoms with Gasteiger partial charge in [0.2, 0.25) is 0 Å². The second-order valence-corrected chi connectivity index (χ2v) is 5.43. The summed E-state index contributed by atoms with van der Waals surface area (Å²) in [4.78, 5) is 12.2. The van der Waals surface area contributed by atoms with E-state index in [0.29, 0.717) is 5.56 Å². The first-order valence-corrected chi connectivity index (χ1v) is 7.55. The zero-order valence-electron chi connectivity index (χ0n) is 12.7. The predicted molar refractivity (Wildman–Crippen MR) is 92.7 cm³/mol. The third-order valence-electron chi connectivity index (χ3n) is 3.73. The molecule has 3 nitrogen and oxygen atoms in total. The Labute approximate surface area is 135 Å². The number of carbonyl (C=O) groups is 1. The minimum Gasteiger partial charge on any atom is -0.624 e. The SMILES string of the molecule is O=C(C/C=[N+](\[O-])Cc1ccccc1)c1ccc2ccccc2c1. The molecule has 3 heteroatoms. The number of hydroxylamine groups is 1. The Morgan fingerprint density at radius 1 is 0.913 bits per heavy atom. The number of fused-ring (bicyclic) bond motifs is 1. The molecular formula is C20H17NO2. The van der Waals surface area contributed by atoms with Crippen LogP contribution >= 0.6 is 0 Å². The summed E-state index contributed by atoms with van der Waals surface area (Å²) in [5.41, 5.74) is 1.56. The van der Waals surface area contributed by atoms with E-state index in [9.17, 15) is 10.0 Å². The van der Waals surface area contributed by atoms with Gasteiger partial charge in [-0.25, -0.2) is 4.74 Å². The van der Waals surface area contributed by atoms with Crippen LogP contribution in [0.3, 0.4) is 0 Å². The van der Waals surface area contributed by atoms with E-state index in [1.54, 1.807) is 0 Å². The molecule has 0 fully saturated rings. The Hall–Kier alpha value is -2.94. The molecule has 0 aliphatic rings. The fraction of sp³-hybridized carbons (Fsp3) is 0.100. The van der Waals surface area contributed by atoms with Gasteiger partial charge in [0.1, 0.15) is 0 Å². The number of rotatable bonds is 5. The van der Waals surface area contributed by atoms with Crippen molar-refractivity contribution in [3.8, 4) is 0 Å². The molecule has 0 spiro atoms. The van der Waals surface area contributed by atoms with Gasteiger partial charge >= 0.3 is 0 Å². The number of nitrogens with zero attached hydrogens (tertiary/aromatic N) is 1. The van der Waals surface area contributed by atoms with Crippen LogP contribution in [0.5, 0.6) is 0 Å². The largest absolute Gasteiger partial charge is 0.624 e. The molecule has 0 aliphatic heterocycles. The van der Waals surface area contributed by atoms with Gasteiger partial charge in [0.15, 0.2) is 18.5 Å². The number of benzene rings is 3. The average molecular weight is 303 g/mol. The molecule has 0 heterocycles. The molecule has 0 aromatic heterocycles. The lowest BCUT2D eigenvalue weighted by Crippen LogP contribution is -2.09. The van der Waals surface area contributed by atoms with Crippen LogP contribution in [-0.4, -0.2) is 16.7 Å². The summed E-state index contributed by atoms with van der Waals surface area (Å²) in [7, 11) is 0. The third-order valence-corrected chi connectivity index (χ3v) is 3.73. The Kier molecular flexibility index (Phi) is 4.48. The van der Waals surface area contributed by atoms with E-state index >= 15 is 0 Å². The molecule has 0 radical (unpaired) electrons. The molecular weight excluding hydrogens is 286 g/mol. The maximum atomic E-state index is 12.2. The van der Waals surface area contributed by atoms with Crippen molar-refractivity contribution in [1.82, 2.24) is 0 Å². The molecule has 0 bridgehead atoms. The van der Waals surface area contributed by atoms with Crippen LogP contribution in [0.15, 0.2) is 72.8 Å². The minimum absolute atomic E-state index is 0.0512. The van der Waals surface area contributed by atoms with Crippen LogP contribution in [-0.2, 0) is 6.54 Å². The molecule has 0 saturated carbocycles. The molecule has 0 unspecified atom stereocenters. The summed E-state index contributed by atoms with van der Waals surface area (Å²) in [6.07, 6.45) is 1.51. The summed E-state index contributed by atoms with van der Waals surface area (Å²) in [5.74, 6) is -0.0512. The number of hydrogen-bond acceptors (Lipinski definition) is 2. The predicted octanol–water partition coefficient (Wildman–Crippen LogP) is 4.19. The lowest BCUT2D eigenvalue weighted by molar-refractivity contribution is -0.470. The van der Waals surface area contributed by atoms with Gasteiger partial charge in [0.25, 0.3) is 0 Å². The summed E-state index contributed by atoms with van der Waals surface area (Å²) < 4.78 is 0.814. The highest BCUT2D eigenvalue weighted by atomic mass is 16.5. The molecule has 23 heavy (non-hydrogen) atoms. The Bertz CT molecular complexity index is 854. The van der Waals surface area contributed by atoms with E-state index in [-0.39, 0.29) is 18.7 Å². The van der Waals surface area contributed by atoms with Crippen molar-refractivity contribution in [2.45, 2.75) is 13.0 Å². The molecule has 3 aromatic carbocycles. The molecule has 0 aliphatic carbocycles. The molecule has 0 saturated heterocycles. The number of carbonyl (C=O) groups excluding carboxylic acids is 1. The van der Waals surface area contributed by atoms with Crippen molar-refractivity contribution in [3.05, 3.63) is 89.1 Å². The van der Waals surface area contributed by atoms with Gasteiger partial charge in [-0.1, -0.05) is 66.7 Å². The van der Waals surface area contributed by atoms with Crippen LogP contribution in [0.4, 0.5) is 0 Å². The van der Waals surface area contributed by atoms with Crippen LogP contribution in [0.25, 0.3) is 10.8 Å². The molecule has 0 atom stereocenters. The van der Waals surface area contributed by atoms with Crippen LogP contribution < -0.4 is 0 Å². The normalized spacial score (nSPS) is 11.6. The average Bonchev–Trinajstić information content (AvgIpc) is 2.60. The summed E-state index contributed by atoms with van der Waals surface area (Å²) >= 11 is 0. The van der Waals surface area contributed by atoms with Crippen molar-refractivity contribution in [2.75, 3.05) is 0 Å². The third kappa shape index (κ3) is 3.83.